The lowest BCUT2D eigenvalue weighted by molar-refractivity contribution is 0.0679. The van der Waals surface area contributed by atoms with Crippen LogP contribution < -0.4 is 4.74 Å². The molecule has 1 aliphatic heterocycles. The Kier molecular flexibility index (Phi) is 9.02. The third-order valence-corrected chi connectivity index (χ3v) is 9.46. The van der Waals surface area contributed by atoms with Crippen molar-refractivity contribution in [1.82, 2.24) is 4.90 Å². The van der Waals surface area contributed by atoms with E-state index in [0.717, 1.165) is 18.9 Å². The van der Waals surface area contributed by atoms with Crippen LogP contribution in [0.25, 0.3) is 0 Å². The lowest BCUT2D eigenvalue weighted by Gasteiger charge is -2.39. The van der Waals surface area contributed by atoms with Crippen molar-refractivity contribution >= 4 is 35.0 Å². The number of nitrogens with zero attached hydrogens (tertiary/aromatic N) is 2. The maximum atomic E-state index is 16.3. The minimum Gasteiger partial charge on any atom is -0.496 e. The van der Waals surface area contributed by atoms with Crippen molar-refractivity contribution in [3.63, 3.8) is 0 Å². The third kappa shape index (κ3) is 5.94. The Labute approximate surface area is 271 Å². The zero-order valence-electron chi connectivity index (χ0n) is 25.4. The van der Waals surface area contributed by atoms with Crippen molar-refractivity contribution in [2.45, 2.75) is 63.5 Å². The second-order valence-electron chi connectivity index (χ2n) is 13.1. The van der Waals surface area contributed by atoms with Crippen molar-refractivity contribution in [3.8, 4) is 11.8 Å². The van der Waals surface area contributed by atoms with E-state index in [2.05, 4.69) is 6.07 Å². The molecule has 236 valence electrons. The number of hydrogen-bond acceptors (Lipinski definition) is 5. The first-order chi connectivity index (χ1) is 21.2. The molecule has 0 bridgehead atoms. The SMILES string of the molecule is COc1cccc(C(=O)O)c1C(=O)[C@H]1[C@H](c2cccc(Cl)c2F)[C@@](C#N)(c2ccc(Cl)cc2F)[C@H](CC(C)(C)C)N1CC1CC1. The summed E-state index contributed by atoms with van der Waals surface area (Å²) >= 11 is 12.5. The van der Waals surface area contributed by atoms with Crippen LogP contribution in [0.15, 0.2) is 54.6 Å². The number of carboxylic acid groups (broad SMARTS) is 1. The van der Waals surface area contributed by atoms with Gasteiger partial charge in [0.05, 0.1) is 35.4 Å². The van der Waals surface area contributed by atoms with Crippen LogP contribution in [0.3, 0.4) is 0 Å². The molecule has 6 nitrogen and oxygen atoms in total. The van der Waals surface area contributed by atoms with Crippen molar-refractivity contribution in [2.24, 2.45) is 11.3 Å². The molecule has 1 heterocycles. The highest BCUT2D eigenvalue weighted by molar-refractivity contribution is 6.31. The van der Waals surface area contributed by atoms with Crippen LogP contribution >= 0.6 is 23.2 Å². The van der Waals surface area contributed by atoms with E-state index in [1.54, 1.807) is 0 Å². The van der Waals surface area contributed by atoms with Crippen LogP contribution in [0.5, 0.6) is 5.75 Å². The monoisotopic (exact) mass is 654 g/mol. The molecule has 0 amide bonds. The van der Waals surface area contributed by atoms with Gasteiger partial charge >= 0.3 is 5.97 Å². The summed E-state index contributed by atoms with van der Waals surface area (Å²) in [6.45, 7) is 6.31. The highest BCUT2D eigenvalue weighted by atomic mass is 35.5. The highest BCUT2D eigenvalue weighted by Crippen LogP contribution is 2.58. The van der Waals surface area contributed by atoms with Crippen LogP contribution in [-0.2, 0) is 5.41 Å². The summed E-state index contributed by atoms with van der Waals surface area (Å²) < 4.78 is 38.0. The van der Waals surface area contributed by atoms with Crippen LogP contribution in [0.4, 0.5) is 8.78 Å². The molecule has 3 aromatic rings. The summed E-state index contributed by atoms with van der Waals surface area (Å²) in [6.07, 6.45) is 2.11. The maximum absolute atomic E-state index is 16.3. The first-order valence-corrected chi connectivity index (χ1v) is 15.5. The van der Waals surface area contributed by atoms with E-state index in [1.165, 1.54) is 55.6 Å². The molecule has 1 aliphatic carbocycles. The molecule has 0 aromatic heterocycles. The van der Waals surface area contributed by atoms with Gasteiger partial charge in [-0.1, -0.05) is 68.2 Å². The van der Waals surface area contributed by atoms with Gasteiger partial charge in [0.1, 0.15) is 22.8 Å². The fourth-order valence-electron chi connectivity index (χ4n) is 6.94. The summed E-state index contributed by atoms with van der Waals surface area (Å²) in [5, 5.41) is 21.4. The van der Waals surface area contributed by atoms with Gasteiger partial charge in [-0.05, 0) is 66.5 Å². The minimum absolute atomic E-state index is 0.0242. The molecule has 3 aromatic carbocycles. The fraction of sp³-hybridized carbons (Fsp3) is 0.400. The van der Waals surface area contributed by atoms with Gasteiger partial charge in [-0.15, -0.1) is 0 Å². The van der Waals surface area contributed by atoms with Gasteiger partial charge in [0, 0.05) is 29.1 Å². The lowest BCUT2D eigenvalue weighted by atomic mass is 9.62. The molecular formula is C35H34Cl2F2N2O4. The Morgan fingerprint density at radius 1 is 1.11 bits per heavy atom. The molecule has 0 radical (unpaired) electrons. The zero-order chi connectivity index (χ0) is 32.8. The molecule has 45 heavy (non-hydrogen) atoms. The second-order valence-corrected chi connectivity index (χ2v) is 14.0. The van der Waals surface area contributed by atoms with E-state index < -0.39 is 52.2 Å². The van der Waals surface area contributed by atoms with E-state index in [0.29, 0.717) is 13.0 Å². The molecule has 1 saturated carbocycles. The van der Waals surface area contributed by atoms with Gasteiger partial charge in [-0.25, -0.2) is 13.6 Å². The number of halogens is 4. The van der Waals surface area contributed by atoms with Gasteiger partial charge in [-0.2, -0.15) is 5.26 Å². The van der Waals surface area contributed by atoms with Crippen LogP contribution in [-0.4, -0.2) is 47.5 Å². The summed E-state index contributed by atoms with van der Waals surface area (Å²) in [4.78, 5) is 29.4. The number of carbonyl (C=O) groups excluding carboxylic acids is 1. The van der Waals surface area contributed by atoms with Gasteiger partial charge < -0.3 is 9.84 Å². The molecule has 1 saturated heterocycles. The first kappa shape index (κ1) is 32.9. The number of hydrogen-bond donors (Lipinski definition) is 1. The summed E-state index contributed by atoms with van der Waals surface area (Å²) in [5.41, 5.74) is -2.82. The summed E-state index contributed by atoms with van der Waals surface area (Å²) in [7, 11) is 1.33. The largest absolute Gasteiger partial charge is 0.496 e. The Morgan fingerprint density at radius 3 is 2.38 bits per heavy atom. The number of nitriles is 1. The number of carboxylic acids is 1. The Balaban J connectivity index is 1.92. The van der Waals surface area contributed by atoms with Crippen LogP contribution in [0.2, 0.25) is 10.0 Å². The predicted molar refractivity (Wildman–Crippen MR) is 168 cm³/mol. The van der Waals surface area contributed by atoms with Gasteiger partial charge in [-0.3, -0.25) is 9.69 Å². The Hall–Kier alpha value is -3.51. The van der Waals surface area contributed by atoms with Crippen molar-refractivity contribution in [2.75, 3.05) is 13.7 Å². The standard InChI is InChI=1S/C35H34Cl2F2N2O4/c1-34(2,3)16-27-35(18-40,23-14-13-20(36)15-25(23)38)29(22-8-5-9-24(37)30(22)39)31(41(27)17-19-11-12-19)32(42)28-21(33(43)44)7-6-10-26(28)45-4/h5-10,13-15,19,27,29,31H,11-12,16-17H2,1-4H3,(H,43,44)/t27-,29-,31+,35-/m0/s1. The van der Waals surface area contributed by atoms with E-state index in [9.17, 15) is 15.2 Å². The van der Waals surface area contributed by atoms with E-state index in [1.807, 2.05) is 25.7 Å². The highest BCUT2D eigenvalue weighted by Gasteiger charge is 2.65. The van der Waals surface area contributed by atoms with Crippen molar-refractivity contribution in [1.29, 1.82) is 5.26 Å². The van der Waals surface area contributed by atoms with Crippen molar-refractivity contribution in [3.05, 3.63) is 98.5 Å². The molecule has 10 heteroatoms. The molecule has 5 rings (SSSR count). The van der Waals surface area contributed by atoms with Crippen LogP contribution in [0, 0.1) is 34.3 Å². The number of carbonyl (C=O) groups is 2. The topological polar surface area (TPSA) is 90.6 Å². The zero-order valence-corrected chi connectivity index (χ0v) is 26.9. The molecule has 1 N–H and O–H groups in total. The summed E-state index contributed by atoms with van der Waals surface area (Å²) in [5.74, 6) is -4.71. The van der Waals surface area contributed by atoms with E-state index in [-0.39, 0.29) is 44.0 Å². The predicted octanol–water partition coefficient (Wildman–Crippen LogP) is 8.31. The average molecular weight is 656 g/mol. The van der Waals surface area contributed by atoms with Crippen molar-refractivity contribution < 1.29 is 28.2 Å². The first-order valence-electron chi connectivity index (χ1n) is 14.8. The number of benzene rings is 3. The van der Waals surface area contributed by atoms with E-state index >= 15 is 13.6 Å². The Bertz CT molecular complexity index is 1700. The number of likely N-dealkylation sites (tertiary alicyclic amines) is 1. The van der Waals surface area contributed by atoms with Crippen LogP contribution in [0.1, 0.15) is 77.8 Å². The normalized spacial score (nSPS) is 23.5. The number of aromatic carboxylic acids is 1. The third-order valence-electron chi connectivity index (χ3n) is 8.93. The number of ether oxygens (including phenoxy) is 1. The molecule has 2 aliphatic rings. The molecule has 0 unspecified atom stereocenters. The van der Waals surface area contributed by atoms with E-state index in [4.69, 9.17) is 27.9 Å². The maximum Gasteiger partial charge on any atom is 0.336 e. The van der Waals surface area contributed by atoms with Gasteiger partial charge in [0.15, 0.2) is 5.78 Å². The number of methoxy groups -OCH3 is 1. The second kappa shape index (κ2) is 12.4. The fourth-order valence-corrected chi connectivity index (χ4v) is 7.28. The molecule has 4 atom stereocenters. The number of Topliss-reactive ketones (excluding diaryl/α,β-unsaturated/α-hetero) is 1. The molecule has 2 fully saturated rings. The van der Waals surface area contributed by atoms with Gasteiger partial charge in [0.2, 0.25) is 0 Å². The Morgan fingerprint density at radius 2 is 1.80 bits per heavy atom. The number of rotatable bonds is 9. The lowest BCUT2D eigenvalue weighted by Crippen LogP contribution is -2.48. The smallest absolute Gasteiger partial charge is 0.336 e. The minimum atomic E-state index is -1.83. The summed E-state index contributed by atoms with van der Waals surface area (Å²) in [6, 6.07) is 13.0. The average Bonchev–Trinajstić information content (AvgIpc) is 3.76. The van der Waals surface area contributed by atoms with Gasteiger partial charge in [0.25, 0.3) is 0 Å². The molecule has 0 spiro atoms. The molecular weight excluding hydrogens is 621 g/mol. The number of ketones is 1. The quantitative estimate of drug-likeness (QED) is 0.233.